The Morgan fingerprint density at radius 1 is 1.13 bits per heavy atom. The molecule has 1 N–H and O–H groups in total. The molecule has 2 aromatic carbocycles. The quantitative estimate of drug-likeness (QED) is 0.745. The number of carbonyl (C=O) groups excluding carboxylic acids is 1. The molecule has 0 spiro atoms. The smallest absolute Gasteiger partial charge is 0.230 e. The zero-order valence-electron chi connectivity index (χ0n) is 13.6. The van der Waals surface area contributed by atoms with Crippen molar-refractivity contribution in [3.63, 3.8) is 0 Å². The van der Waals surface area contributed by atoms with Crippen LogP contribution in [0.15, 0.2) is 59.5 Å². The van der Waals surface area contributed by atoms with Crippen molar-refractivity contribution in [2.75, 3.05) is 18.9 Å². The average molecular weight is 329 g/mol. The van der Waals surface area contributed by atoms with E-state index < -0.39 is 0 Å². The molecule has 1 atom stereocenters. The molecule has 1 unspecified atom stereocenters. The first-order valence-corrected chi connectivity index (χ1v) is 8.81. The Bertz CT molecular complexity index is 616. The molecular formula is C19H23NO2S. The number of rotatable bonds is 8. The summed E-state index contributed by atoms with van der Waals surface area (Å²) in [7, 11) is 0. The lowest BCUT2D eigenvalue weighted by atomic mass is 10.1. The molecule has 0 aliphatic heterocycles. The van der Waals surface area contributed by atoms with Gasteiger partial charge in [0.25, 0.3) is 0 Å². The van der Waals surface area contributed by atoms with Crippen LogP contribution in [0.1, 0.15) is 24.2 Å². The van der Waals surface area contributed by atoms with Crippen LogP contribution in [0.25, 0.3) is 0 Å². The largest absolute Gasteiger partial charge is 0.372 e. The second-order valence-electron chi connectivity index (χ2n) is 5.21. The molecule has 1 amide bonds. The number of thioether (sulfide) groups is 1. The van der Waals surface area contributed by atoms with Crippen LogP contribution >= 0.6 is 11.8 Å². The van der Waals surface area contributed by atoms with E-state index in [-0.39, 0.29) is 12.0 Å². The van der Waals surface area contributed by atoms with Crippen LogP contribution < -0.4 is 5.32 Å². The highest BCUT2D eigenvalue weighted by Gasteiger charge is 2.13. The van der Waals surface area contributed by atoms with Crippen LogP contribution in [0.2, 0.25) is 0 Å². The maximum atomic E-state index is 12.1. The second kappa shape index (κ2) is 9.38. The van der Waals surface area contributed by atoms with E-state index >= 15 is 0 Å². The summed E-state index contributed by atoms with van der Waals surface area (Å²) in [6.45, 7) is 5.13. The molecule has 4 heteroatoms. The van der Waals surface area contributed by atoms with E-state index in [1.54, 1.807) is 11.8 Å². The summed E-state index contributed by atoms with van der Waals surface area (Å²) in [6, 6.07) is 18.1. The van der Waals surface area contributed by atoms with Gasteiger partial charge < -0.3 is 10.1 Å². The van der Waals surface area contributed by atoms with Gasteiger partial charge in [-0.3, -0.25) is 4.79 Å². The highest BCUT2D eigenvalue weighted by molar-refractivity contribution is 8.00. The predicted octanol–water partition coefficient (Wildman–Crippen LogP) is 3.98. The van der Waals surface area contributed by atoms with Crippen LogP contribution in [0.3, 0.4) is 0 Å². The minimum Gasteiger partial charge on any atom is -0.372 e. The number of aryl methyl sites for hydroxylation is 1. The predicted molar refractivity (Wildman–Crippen MR) is 95.7 cm³/mol. The highest BCUT2D eigenvalue weighted by Crippen LogP contribution is 2.21. The van der Waals surface area contributed by atoms with Crippen molar-refractivity contribution in [1.82, 2.24) is 5.32 Å². The molecule has 0 aliphatic carbocycles. The molecule has 0 heterocycles. The molecule has 2 rings (SSSR count). The maximum Gasteiger partial charge on any atom is 0.230 e. The summed E-state index contributed by atoms with van der Waals surface area (Å²) in [5.74, 6) is 0.442. The summed E-state index contributed by atoms with van der Waals surface area (Å²) in [6.07, 6.45) is -0.103. The monoisotopic (exact) mass is 329 g/mol. The number of carbonyl (C=O) groups is 1. The van der Waals surface area contributed by atoms with Gasteiger partial charge in [0.1, 0.15) is 0 Å². The number of ether oxygens (including phenoxy) is 1. The van der Waals surface area contributed by atoms with E-state index in [0.717, 1.165) is 10.5 Å². The van der Waals surface area contributed by atoms with Gasteiger partial charge in [-0.25, -0.2) is 0 Å². The first-order chi connectivity index (χ1) is 11.2. The Morgan fingerprint density at radius 2 is 1.83 bits per heavy atom. The van der Waals surface area contributed by atoms with Gasteiger partial charge in [0, 0.05) is 18.0 Å². The van der Waals surface area contributed by atoms with Crippen molar-refractivity contribution in [3.8, 4) is 0 Å². The molecule has 0 aliphatic rings. The first-order valence-electron chi connectivity index (χ1n) is 7.82. The number of benzene rings is 2. The lowest BCUT2D eigenvalue weighted by molar-refractivity contribution is -0.119. The van der Waals surface area contributed by atoms with Crippen molar-refractivity contribution >= 4 is 17.7 Å². The fraction of sp³-hybridized carbons (Fsp3) is 0.316. The van der Waals surface area contributed by atoms with Crippen molar-refractivity contribution in [3.05, 3.63) is 65.7 Å². The molecule has 0 fully saturated rings. The number of hydrogen-bond acceptors (Lipinski definition) is 3. The van der Waals surface area contributed by atoms with Crippen molar-refractivity contribution < 1.29 is 9.53 Å². The van der Waals surface area contributed by atoms with Gasteiger partial charge in [-0.05, 0) is 31.0 Å². The van der Waals surface area contributed by atoms with Crippen LogP contribution in [0.5, 0.6) is 0 Å². The Morgan fingerprint density at radius 3 is 2.52 bits per heavy atom. The van der Waals surface area contributed by atoms with Crippen LogP contribution in [-0.2, 0) is 9.53 Å². The standard InChI is InChI=1S/C19H23NO2S/c1-3-22-17(16-10-5-4-6-11-16)13-20-19(21)14-23-18-12-8-7-9-15(18)2/h4-12,17H,3,13-14H2,1-2H3,(H,20,21). The fourth-order valence-electron chi connectivity index (χ4n) is 2.26. The lowest BCUT2D eigenvalue weighted by Crippen LogP contribution is -2.30. The lowest BCUT2D eigenvalue weighted by Gasteiger charge is -2.18. The van der Waals surface area contributed by atoms with Gasteiger partial charge in [-0.1, -0.05) is 48.5 Å². The zero-order chi connectivity index (χ0) is 16.5. The van der Waals surface area contributed by atoms with Crippen LogP contribution in [0, 0.1) is 6.92 Å². The van der Waals surface area contributed by atoms with E-state index in [0.29, 0.717) is 18.9 Å². The molecule has 122 valence electrons. The summed E-state index contributed by atoms with van der Waals surface area (Å²) < 4.78 is 5.74. The van der Waals surface area contributed by atoms with Gasteiger partial charge in [-0.15, -0.1) is 11.8 Å². The molecule has 0 saturated carbocycles. The summed E-state index contributed by atoms with van der Waals surface area (Å²) in [4.78, 5) is 13.2. The molecule has 2 aromatic rings. The Hall–Kier alpha value is -1.78. The average Bonchev–Trinajstić information content (AvgIpc) is 2.58. The fourth-order valence-corrected chi connectivity index (χ4v) is 3.12. The van der Waals surface area contributed by atoms with Gasteiger partial charge >= 0.3 is 0 Å². The van der Waals surface area contributed by atoms with Crippen molar-refractivity contribution in [1.29, 1.82) is 0 Å². The highest BCUT2D eigenvalue weighted by atomic mass is 32.2. The van der Waals surface area contributed by atoms with E-state index in [4.69, 9.17) is 4.74 Å². The Balaban J connectivity index is 1.83. The Kier molecular flexibility index (Phi) is 7.17. The van der Waals surface area contributed by atoms with Crippen molar-refractivity contribution in [2.24, 2.45) is 0 Å². The third kappa shape index (κ3) is 5.73. The van der Waals surface area contributed by atoms with E-state index in [9.17, 15) is 4.79 Å². The second-order valence-corrected chi connectivity index (χ2v) is 6.23. The zero-order valence-corrected chi connectivity index (χ0v) is 14.4. The molecule has 0 saturated heterocycles. The normalized spacial score (nSPS) is 11.9. The minimum absolute atomic E-state index is 0.0267. The van der Waals surface area contributed by atoms with Gasteiger partial charge in [0.15, 0.2) is 0 Å². The molecular weight excluding hydrogens is 306 g/mol. The molecule has 0 bridgehead atoms. The molecule has 0 aromatic heterocycles. The number of hydrogen-bond donors (Lipinski definition) is 1. The molecule has 23 heavy (non-hydrogen) atoms. The van der Waals surface area contributed by atoms with Gasteiger partial charge in [0.2, 0.25) is 5.91 Å². The summed E-state index contributed by atoms with van der Waals surface area (Å²) in [5.41, 5.74) is 2.28. The number of nitrogens with one attached hydrogen (secondary N) is 1. The van der Waals surface area contributed by atoms with Crippen molar-refractivity contribution in [2.45, 2.75) is 24.8 Å². The summed E-state index contributed by atoms with van der Waals surface area (Å²) in [5, 5.41) is 2.97. The van der Waals surface area contributed by atoms with Crippen LogP contribution in [-0.4, -0.2) is 24.8 Å². The molecule has 3 nitrogen and oxygen atoms in total. The van der Waals surface area contributed by atoms with E-state index in [1.807, 2.05) is 55.5 Å². The van der Waals surface area contributed by atoms with E-state index in [2.05, 4.69) is 18.3 Å². The topological polar surface area (TPSA) is 38.3 Å². The third-order valence-electron chi connectivity index (χ3n) is 3.48. The molecule has 0 radical (unpaired) electrons. The summed E-state index contributed by atoms with van der Waals surface area (Å²) >= 11 is 1.56. The van der Waals surface area contributed by atoms with E-state index in [1.165, 1.54) is 5.56 Å². The van der Waals surface area contributed by atoms with Gasteiger partial charge in [0.05, 0.1) is 11.9 Å². The minimum atomic E-state index is -0.103. The van der Waals surface area contributed by atoms with Gasteiger partial charge in [-0.2, -0.15) is 0 Å². The third-order valence-corrected chi connectivity index (χ3v) is 4.65. The number of amides is 1. The first kappa shape index (κ1) is 17.6. The Labute approximate surface area is 142 Å². The maximum absolute atomic E-state index is 12.1. The SMILES string of the molecule is CCOC(CNC(=O)CSc1ccccc1C)c1ccccc1. The van der Waals surface area contributed by atoms with Crippen LogP contribution in [0.4, 0.5) is 0 Å².